The second-order valence-corrected chi connectivity index (χ2v) is 24.2. The van der Waals surface area contributed by atoms with Gasteiger partial charge in [0.25, 0.3) is 11.5 Å². The number of nitrogens with two attached hydrogens (primary N) is 1. The zero-order valence-corrected chi connectivity index (χ0v) is 53.7. The fourth-order valence-corrected chi connectivity index (χ4v) is 10.6. The molecule has 1 aromatic carbocycles. The zero-order valence-electron chi connectivity index (χ0n) is 52.8. The largest absolute Gasteiger partial charge is 0.480 e. The first-order valence-corrected chi connectivity index (χ1v) is 34.4. The number of esters is 2. The molecule has 0 saturated heterocycles. The average molecular weight is 1260 g/mol. The molecule has 3 amide bonds. The second kappa shape index (κ2) is 47.9. The van der Waals surface area contributed by atoms with E-state index in [0.717, 1.165) is 44.1 Å². The molecular weight excluding hydrogens is 1150 g/mol. The van der Waals surface area contributed by atoms with Crippen molar-refractivity contribution < 1.29 is 66.6 Å². The average Bonchev–Trinajstić information content (AvgIpc) is 3.10. The van der Waals surface area contributed by atoms with E-state index in [9.17, 15) is 48.1 Å². The minimum absolute atomic E-state index is 0.0636. The molecule has 0 spiro atoms. The maximum atomic E-state index is 12.9. The third-order valence-corrected chi connectivity index (χ3v) is 16.0. The van der Waals surface area contributed by atoms with Gasteiger partial charge in [-0.2, -0.15) is 4.98 Å². The molecule has 0 saturated carbocycles. The van der Waals surface area contributed by atoms with Crippen LogP contribution in [-0.4, -0.2) is 117 Å². The van der Waals surface area contributed by atoms with Crippen LogP contribution in [0.2, 0.25) is 0 Å². The van der Waals surface area contributed by atoms with Crippen molar-refractivity contribution in [3.8, 4) is 0 Å². The fourth-order valence-electron chi connectivity index (χ4n) is 9.86. The van der Waals surface area contributed by atoms with Gasteiger partial charge in [0, 0.05) is 31.4 Å². The van der Waals surface area contributed by atoms with Gasteiger partial charge < -0.3 is 45.9 Å². The van der Waals surface area contributed by atoms with E-state index in [1.165, 1.54) is 160 Å². The van der Waals surface area contributed by atoms with Gasteiger partial charge in [0.05, 0.1) is 31.6 Å². The Kier molecular flexibility index (Phi) is 41.5. The van der Waals surface area contributed by atoms with Gasteiger partial charge in [-0.1, -0.05) is 206 Å². The highest BCUT2D eigenvalue weighted by molar-refractivity contribution is 7.47. The van der Waals surface area contributed by atoms with E-state index in [4.69, 9.17) is 29.0 Å². The Morgan fingerprint density at radius 3 is 1.66 bits per heavy atom. The van der Waals surface area contributed by atoms with Gasteiger partial charge in [0.1, 0.15) is 19.3 Å². The molecule has 3 aromatic rings. The van der Waals surface area contributed by atoms with Crippen LogP contribution in [0.1, 0.15) is 254 Å². The number of ether oxygens (including phenoxy) is 3. The van der Waals surface area contributed by atoms with Gasteiger partial charge in [0.15, 0.2) is 17.3 Å². The Morgan fingerprint density at radius 1 is 0.614 bits per heavy atom. The number of nitrogens with zero attached hydrogens (tertiary/aromatic N) is 3. The highest BCUT2D eigenvalue weighted by Crippen LogP contribution is 2.43. The predicted octanol–water partition coefficient (Wildman–Crippen LogP) is 12.0. The van der Waals surface area contributed by atoms with Gasteiger partial charge >= 0.3 is 31.8 Å². The molecule has 88 heavy (non-hydrogen) atoms. The van der Waals surface area contributed by atoms with E-state index in [2.05, 4.69) is 49.7 Å². The number of phosphoric acid groups is 1. The van der Waals surface area contributed by atoms with E-state index >= 15 is 0 Å². The number of alkyl carbamates (subject to hydrolysis) is 1. The molecular formula is C64H105N8O15P. The lowest BCUT2D eigenvalue weighted by atomic mass is 10.0. The number of aliphatic carboxylic acids is 1. The first kappa shape index (κ1) is 76.2. The first-order chi connectivity index (χ1) is 42.6. The molecule has 0 aliphatic rings. The number of carboxylic acid groups (broad SMARTS) is 1. The summed E-state index contributed by atoms with van der Waals surface area (Å²) in [6.07, 6.45) is 35.9. The van der Waals surface area contributed by atoms with Crippen molar-refractivity contribution in [1.29, 1.82) is 0 Å². The minimum atomic E-state index is -4.75. The van der Waals surface area contributed by atoms with Crippen LogP contribution in [0.3, 0.4) is 0 Å². The Labute approximate surface area is 521 Å². The number of H-pyrrole nitrogens is 1. The van der Waals surface area contributed by atoms with Crippen molar-refractivity contribution in [2.45, 2.75) is 257 Å². The molecule has 0 aliphatic heterocycles. The Hall–Kier alpha value is -6.03. The number of nitrogens with one attached hydrogen (secondary N) is 4. The number of carbonyl (C=O) groups excluding carboxylic acids is 5. The number of nitrogen functional groups attached to an aromatic ring is 1. The Bertz CT molecular complexity index is 2560. The molecule has 0 fully saturated rings. The summed E-state index contributed by atoms with van der Waals surface area (Å²) in [4.78, 5) is 113. The number of hydrogen-bond donors (Lipinski definition) is 7. The van der Waals surface area contributed by atoms with Crippen molar-refractivity contribution in [2.75, 3.05) is 45.3 Å². The van der Waals surface area contributed by atoms with Crippen LogP contribution in [-0.2, 0) is 59.8 Å². The number of carbonyl (C=O) groups is 6. The standard InChI is InChI=1S/C64H105N8O15P/c1-3-5-7-9-11-13-15-17-19-21-23-25-27-29-31-33-56(74)84-48-53(87-57(75)34-32-30-28-26-24-22-20-18-16-14-12-10-8-6-4-2)49-86-88(81,82)85-46-44-67-64(80)83-45-43-66-55(73)42-41-54(62(78)79)70-60(76)51-38-35-50(36-39-51)37-40-52-47-68-59-58(69-52)61(77)72-63(65)71-59/h35-36,38-39,47,53-54H,3-34,37,40-46,48-49H2,1-2H3,(H,66,73)(H,67,80)(H,70,76)(H,78,79)(H,81,82)(H3,65,68,71,72,77)/t53?,54-/m0/s1. The number of phosphoric ester groups is 1. The van der Waals surface area contributed by atoms with Crippen LogP contribution < -0.4 is 27.2 Å². The highest BCUT2D eigenvalue weighted by Gasteiger charge is 2.27. The molecule has 23 nitrogen and oxygen atoms in total. The van der Waals surface area contributed by atoms with E-state index in [-0.39, 0.29) is 74.7 Å². The molecule has 2 aromatic heterocycles. The Morgan fingerprint density at radius 2 is 1.12 bits per heavy atom. The van der Waals surface area contributed by atoms with Crippen molar-refractivity contribution >= 4 is 60.8 Å². The van der Waals surface area contributed by atoms with Crippen LogP contribution in [0.15, 0.2) is 35.3 Å². The lowest BCUT2D eigenvalue weighted by Gasteiger charge is -2.20. The van der Waals surface area contributed by atoms with Crippen molar-refractivity contribution in [3.05, 3.63) is 57.6 Å². The van der Waals surface area contributed by atoms with Gasteiger partial charge in [-0.3, -0.25) is 38.0 Å². The minimum Gasteiger partial charge on any atom is -0.480 e. The number of benzene rings is 1. The molecule has 2 heterocycles. The number of fused-ring (bicyclic) bond motifs is 1. The summed E-state index contributed by atoms with van der Waals surface area (Å²) in [6, 6.07) is 5.08. The number of amides is 3. The van der Waals surface area contributed by atoms with Gasteiger partial charge in [-0.25, -0.2) is 24.1 Å². The molecule has 8 N–H and O–H groups in total. The number of aromatic nitrogens is 4. The maximum absolute atomic E-state index is 12.9. The molecule has 24 heteroatoms. The van der Waals surface area contributed by atoms with E-state index in [1.54, 1.807) is 12.1 Å². The zero-order chi connectivity index (χ0) is 63.9. The van der Waals surface area contributed by atoms with Crippen molar-refractivity contribution in [3.63, 3.8) is 0 Å². The van der Waals surface area contributed by atoms with Gasteiger partial charge in [0.2, 0.25) is 11.9 Å². The van der Waals surface area contributed by atoms with Crippen molar-refractivity contribution in [2.24, 2.45) is 0 Å². The number of unbranched alkanes of at least 4 members (excludes halogenated alkanes) is 28. The number of carboxylic acids is 1. The first-order valence-electron chi connectivity index (χ1n) is 32.9. The van der Waals surface area contributed by atoms with E-state index in [1.807, 2.05) is 0 Å². The smallest absolute Gasteiger partial charge is 0.472 e. The van der Waals surface area contributed by atoms with Crippen LogP contribution in [0.4, 0.5) is 10.7 Å². The molecule has 0 aliphatic carbocycles. The number of hydrogen-bond acceptors (Lipinski definition) is 17. The fraction of sp³-hybridized carbons (Fsp3) is 0.719. The van der Waals surface area contributed by atoms with Crippen molar-refractivity contribution in [1.82, 2.24) is 35.9 Å². The summed E-state index contributed by atoms with van der Waals surface area (Å²) in [5.74, 6) is -3.64. The molecule has 0 radical (unpaired) electrons. The quantitative estimate of drug-likeness (QED) is 0.0119. The summed E-state index contributed by atoms with van der Waals surface area (Å²) in [7, 11) is -4.75. The van der Waals surface area contributed by atoms with E-state index in [0.29, 0.717) is 31.4 Å². The molecule has 3 rings (SSSR count). The molecule has 2 unspecified atom stereocenters. The molecule has 0 bridgehead atoms. The third kappa shape index (κ3) is 37.7. The lowest BCUT2D eigenvalue weighted by Crippen LogP contribution is -2.41. The predicted molar refractivity (Wildman–Crippen MR) is 338 cm³/mol. The summed E-state index contributed by atoms with van der Waals surface area (Å²) in [6.45, 7) is 2.35. The highest BCUT2D eigenvalue weighted by atomic mass is 31.2. The van der Waals surface area contributed by atoms with Gasteiger partial charge in [-0.05, 0) is 49.8 Å². The summed E-state index contributed by atoms with van der Waals surface area (Å²) in [5, 5.41) is 17.0. The number of rotatable bonds is 54. The SMILES string of the molecule is CCCCCCCCCCCCCCCCCC(=O)OCC(COP(=O)(O)OCCNC(=O)OCCNC(=O)CC[C@H](NC(=O)c1ccc(CCc2cnc3nc(N)[nH]c(=O)c3n2)cc1)C(=O)O)OC(=O)CCCCCCCCCCCCCCCCC. The Balaban J connectivity index is 1.31. The molecule has 496 valence electrons. The number of aromatic amines is 1. The summed E-state index contributed by atoms with van der Waals surface area (Å²) >= 11 is 0. The lowest BCUT2D eigenvalue weighted by molar-refractivity contribution is -0.161. The van der Waals surface area contributed by atoms with Crippen LogP contribution in [0.5, 0.6) is 0 Å². The second-order valence-electron chi connectivity index (χ2n) is 22.8. The van der Waals surface area contributed by atoms with Crippen LogP contribution >= 0.6 is 7.82 Å². The van der Waals surface area contributed by atoms with Crippen LogP contribution in [0, 0.1) is 0 Å². The summed E-state index contributed by atoms with van der Waals surface area (Å²) < 4.78 is 39.0. The topological polar surface area (TPSA) is 340 Å². The summed E-state index contributed by atoms with van der Waals surface area (Å²) in [5.41, 5.74) is 6.83. The van der Waals surface area contributed by atoms with Crippen LogP contribution in [0.25, 0.3) is 11.2 Å². The monoisotopic (exact) mass is 1260 g/mol. The molecule has 3 atom stereocenters. The number of aryl methyl sites for hydroxylation is 2. The normalized spacial score (nSPS) is 12.7. The number of anilines is 1. The van der Waals surface area contributed by atoms with Gasteiger partial charge in [-0.15, -0.1) is 0 Å². The third-order valence-electron chi connectivity index (χ3n) is 15.0. The van der Waals surface area contributed by atoms with E-state index < -0.39 is 74.6 Å². The maximum Gasteiger partial charge on any atom is 0.472 e.